The van der Waals surface area contributed by atoms with E-state index in [9.17, 15) is 0 Å². The first-order chi connectivity index (χ1) is 9.70. The van der Waals surface area contributed by atoms with Crippen molar-refractivity contribution in [3.63, 3.8) is 0 Å². The summed E-state index contributed by atoms with van der Waals surface area (Å²) in [7, 11) is 0. The van der Waals surface area contributed by atoms with E-state index in [1.54, 1.807) is 0 Å². The fraction of sp³-hybridized carbons (Fsp3) is 0.412. The van der Waals surface area contributed by atoms with Crippen molar-refractivity contribution in [2.45, 2.75) is 39.2 Å². The Morgan fingerprint density at radius 3 is 2.80 bits per heavy atom. The molecule has 108 valence electrons. The summed E-state index contributed by atoms with van der Waals surface area (Å²) < 4.78 is 0. The van der Waals surface area contributed by atoms with E-state index in [1.807, 2.05) is 17.4 Å². The van der Waals surface area contributed by atoms with E-state index in [1.165, 1.54) is 16.0 Å². The average Bonchev–Trinajstić information content (AvgIpc) is 2.93. The Balaban J connectivity index is 2.09. The molecule has 0 aliphatic heterocycles. The monoisotopic (exact) mass is 307 g/mol. The Morgan fingerprint density at radius 1 is 1.30 bits per heavy atom. The zero-order chi connectivity index (χ0) is 14.4. The van der Waals surface area contributed by atoms with Crippen molar-refractivity contribution < 1.29 is 0 Å². The molecule has 0 spiro atoms. The van der Waals surface area contributed by atoms with E-state index in [0.29, 0.717) is 6.04 Å². The normalized spacial score (nSPS) is 12.6. The number of thiophene rings is 1. The number of aryl methyl sites for hydroxylation is 2. The molecule has 0 bridgehead atoms. The highest BCUT2D eigenvalue weighted by molar-refractivity contribution is 7.09. The largest absolute Gasteiger partial charge is 0.310 e. The van der Waals surface area contributed by atoms with Gasteiger partial charge in [0.25, 0.3) is 0 Å². The van der Waals surface area contributed by atoms with Gasteiger partial charge < -0.3 is 5.32 Å². The minimum Gasteiger partial charge on any atom is -0.310 e. The molecule has 1 aromatic carbocycles. The van der Waals surface area contributed by atoms with Crippen molar-refractivity contribution in [3.05, 3.63) is 56.7 Å². The molecular weight excluding hydrogens is 286 g/mol. The maximum absolute atomic E-state index is 6.07. The number of halogens is 1. The molecule has 0 amide bonds. The predicted molar refractivity (Wildman–Crippen MR) is 89.9 cm³/mol. The van der Waals surface area contributed by atoms with E-state index in [2.05, 4.69) is 48.8 Å². The Kier molecular flexibility index (Phi) is 6.08. The Morgan fingerprint density at radius 2 is 2.15 bits per heavy atom. The third-order valence-corrected chi connectivity index (χ3v) is 4.68. The molecule has 20 heavy (non-hydrogen) atoms. The Labute approximate surface area is 131 Å². The SMILES string of the molecule is CCCNC(CCc1cccs1)c1ccc(Cl)cc1C. The first-order valence-corrected chi connectivity index (χ1v) is 8.48. The van der Waals surface area contributed by atoms with Crippen LogP contribution in [0.2, 0.25) is 5.02 Å². The number of rotatable bonds is 7. The summed E-state index contributed by atoms with van der Waals surface area (Å²) in [6.07, 6.45) is 3.41. The highest BCUT2D eigenvalue weighted by Crippen LogP contribution is 2.26. The fourth-order valence-corrected chi connectivity index (χ4v) is 3.41. The van der Waals surface area contributed by atoms with Gasteiger partial charge in [-0.05, 0) is 67.4 Å². The minimum absolute atomic E-state index is 0.411. The van der Waals surface area contributed by atoms with E-state index in [0.717, 1.165) is 30.8 Å². The topological polar surface area (TPSA) is 12.0 Å². The third kappa shape index (κ3) is 4.34. The molecule has 0 aliphatic rings. The molecule has 3 heteroatoms. The molecule has 0 radical (unpaired) electrons. The first-order valence-electron chi connectivity index (χ1n) is 7.22. The van der Waals surface area contributed by atoms with Gasteiger partial charge in [-0.15, -0.1) is 11.3 Å². The lowest BCUT2D eigenvalue weighted by molar-refractivity contribution is 0.499. The summed E-state index contributed by atoms with van der Waals surface area (Å²) in [4.78, 5) is 1.46. The molecule has 1 atom stereocenters. The van der Waals surface area contributed by atoms with E-state index in [-0.39, 0.29) is 0 Å². The molecule has 2 rings (SSSR count). The van der Waals surface area contributed by atoms with Crippen LogP contribution in [0.25, 0.3) is 0 Å². The second-order valence-electron chi connectivity index (χ2n) is 5.13. The van der Waals surface area contributed by atoms with Crippen molar-refractivity contribution in [1.29, 1.82) is 0 Å². The van der Waals surface area contributed by atoms with Gasteiger partial charge in [0.2, 0.25) is 0 Å². The number of nitrogens with one attached hydrogen (secondary N) is 1. The summed E-state index contributed by atoms with van der Waals surface area (Å²) in [5.41, 5.74) is 2.65. The van der Waals surface area contributed by atoms with Gasteiger partial charge in [0.15, 0.2) is 0 Å². The summed E-state index contributed by atoms with van der Waals surface area (Å²) in [5.74, 6) is 0. The van der Waals surface area contributed by atoms with Crippen LogP contribution in [0.4, 0.5) is 0 Å². The predicted octanol–water partition coefficient (Wildman–Crippen LogP) is 5.38. The van der Waals surface area contributed by atoms with Crippen LogP contribution in [0, 0.1) is 6.92 Å². The standard InChI is InChI=1S/C17H22ClNS/c1-3-10-19-17(9-7-15-5-4-11-20-15)16-8-6-14(18)12-13(16)2/h4-6,8,11-12,17,19H,3,7,9-10H2,1-2H3. The van der Waals surface area contributed by atoms with Crippen molar-refractivity contribution in [2.24, 2.45) is 0 Å². The van der Waals surface area contributed by atoms with Crippen LogP contribution in [0.5, 0.6) is 0 Å². The maximum Gasteiger partial charge on any atom is 0.0408 e. The van der Waals surface area contributed by atoms with Gasteiger partial charge in [-0.1, -0.05) is 30.7 Å². The Bertz CT molecular complexity index is 522. The van der Waals surface area contributed by atoms with E-state index in [4.69, 9.17) is 11.6 Å². The molecule has 0 saturated heterocycles. The van der Waals surface area contributed by atoms with Crippen molar-refractivity contribution in [3.8, 4) is 0 Å². The lowest BCUT2D eigenvalue weighted by atomic mass is 9.97. The maximum atomic E-state index is 6.07. The van der Waals surface area contributed by atoms with Crippen LogP contribution in [0.1, 0.15) is 41.8 Å². The van der Waals surface area contributed by atoms with Gasteiger partial charge in [0, 0.05) is 15.9 Å². The summed E-state index contributed by atoms with van der Waals surface area (Å²) in [6.45, 7) is 5.40. The molecule has 0 saturated carbocycles. The fourth-order valence-electron chi connectivity index (χ4n) is 2.46. The molecule has 1 heterocycles. The second-order valence-corrected chi connectivity index (χ2v) is 6.59. The van der Waals surface area contributed by atoms with Gasteiger partial charge in [0.05, 0.1) is 0 Å². The second kappa shape index (κ2) is 7.82. The Hall–Kier alpha value is -0.830. The summed E-state index contributed by atoms with van der Waals surface area (Å²) in [6, 6.07) is 11.0. The average molecular weight is 308 g/mol. The molecule has 1 nitrogen and oxygen atoms in total. The lowest BCUT2D eigenvalue weighted by Crippen LogP contribution is -2.23. The molecule has 1 aromatic heterocycles. The van der Waals surface area contributed by atoms with Crippen LogP contribution in [-0.4, -0.2) is 6.54 Å². The van der Waals surface area contributed by atoms with Crippen molar-refractivity contribution in [1.82, 2.24) is 5.32 Å². The van der Waals surface area contributed by atoms with Gasteiger partial charge in [-0.2, -0.15) is 0 Å². The zero-order valence-corrected chi connectivity index (χ0v) is 13.7. The molecule has 1 unspecified atom stereocenters. The van der Waals surface area contributed by atoms with Crippen LogP contribution < -0.4 is 5.32 Å². The molecule has 1 N–H and O–H groups in total. The van der Waals surface area contributed by atoms with Crippen LogP contribution in [0.15, 0.2) is 35.7 Å². The highest BCUT2D eigenvalue weighted by atomic mass is 35.5. The van der Waals surface area contributed by atoms with E-state index >= 15 is 0 Å². The first kappa shape index (κ1) is 15.6. The number of hydrogen-bond acceptors (Lipinski definition) is 2. The van der Waals surface area contributed by atoms with Crippen LogP contribution in [0.3, 0.4) is 0 Å². The van der Waals surface area contributed by atoms with Crippen LogP contribution >= 0.6 is 22.9 Å². The van der Waals surface area contributed by atoms with Gasteiger partial charge in [0.1, 0.15) is 0 Å². The lowest BCUT2D eigenvalue weighted by Gasteiger charge is -2.21. The molecule has 2 aromatic rings. The van der Waals surface area contributed by atoms with Crippen molar-refractivity contribution >= 4 is 22.9 Å². The van der Waals surface area contributed by atoms with Gasteiger partial charge in [-0.25, -0.2) is 0 Å². The quantitative estimate of drug-likeness (QED) is 0.723. The van der Waals surface area contributed by atoms with Gasteiger partial charge in [-0.3, -0.25) is 0 Å². The highest BCUT2D eigenvalue weighted by Gasteiger charge is 2.13. The third-order valence-electron chi connectivity index (χ3n) is 3.51. The van der Waals surface area contributed by atoms with E-state index < -0.39 is 0 Å². The minimum atomic E-state index is 0.411. The molecule has 0 aliphatic carbocycles. The molecular formula is C17H22ClNS. The molecule has 0 fully saturated rings. The summed E-state index contributed by atoms with van der Waals surface area (Å²) >= 11 is 7.91. The number of hydrogen-bond donors (Lipinski definition) is 1. The van der Waals surface area contributed by atoms with Gasteiger partial charge >= 0.3 is 0 Å². The smallest absolute Gasteiger partial charge is 0.0408 e. The van der Waals surface area contributed by atoms with Crippen molar-refractivity contribution in [2.75, 3.05) is 6.54 Å². The van der Waals surface area contributed by atoms with Crippen LogP contribution in [-0.2, 0) is 6.42 Å². The zero-order valence-electron chi connectivity index (χ0n) is 12.2. The number of benzene rings is 1. The summed E-state index contributed by atoms with van der Waals surface area (Å²) in [5, 5.41) is 6.64.